The van der Waals surface area contributed by atoms with E-state index in [1.165, 1.54) is 192 Å². The van der Waals surface area contributed by atoms with E-state index in [1.807, 2.05) is 0 Å². The van der Waals surface area contributed by atoms with Crippen LogP contribution in [0.5, 0.6) is 0 Å². The number of para-hydroxylation sites is 6. The second kappa shape index (κ2) is 21.3. The molecule has 434 valence electrons. The third kappa shape index (κ3) is 8.30. The summed E-state index contributed by atoms with van der Waals surface area (Å²) in [6.07, 6.45) is 9.09. The van der Waals surface area contributed by atoms with E-state index in [0.29, 0.717) is 11.8 Å². The quantitative estimate of drug-likeness (QED) is 0.113. The zero-order valence-electron chi connectivity index (χ0n) is 52.4. The van der Waals surface area contributed by atoms with Crippen LogP contribution < -0.4 is 9.80 Å². The van der Waals surface area contributed by atoms with E-state index >= 15 is 0 Å². The number of nitrogens with zero attached hydrogens (tertiary/aromatic N) is 4. The maximum absolute atomic E-state index is 2.74. The largest absolute Gasteiger partial charge is 0.307 e. The van der Waals surface area contributed by atoms with Crippen molar-refractivity contribution < 1.29 is 0 Å². The van der Waals surface area contributed by atoms with Gasteiger partial charge in [0.25, 0.3) is 0 Å². The molecule has 0 saturated heterocycles. The number of hydrogen-bond donors (Lipinski definition) is 0. The molecule has 0 amide bonds. The predicted octanol–water partition coefficient (Wildman–Crippen LogP) is 24.0. The highest BCUT2D eigenvalue weighted by Crippen LogP contribution is 2.55. The number of anilines is 6. The number of aryl methyl sites for hydroxylation is 2. The van der Waals surface area contributed by atoms with E-state index in [4.69, 9.17) is 0 Å². The van der Waals surface area contributed by atoms with Gasteiger partial charge in [-0.2, -0.15) is 0 Å². The molecular formula is C84H78N4. The number of benzene rings is 12. The van der Waals surface area contributed by atoms with Crippen molar-refractivity contribution >= 4 is 110 Å². The fourth-order valence-corrected chi connectivity index (χ4v) is 16.3. The van der Waals surface area contributed by atoms with Crippen molar-refractivity contribution in [2.45, 2.75) is 130 Å². The highest BCUT2D eigenvalue weighted by atomic mass is 15.2. The fraction of sp³-hybridized carbons (Fsp3) is 0.238. The van der Waals surface area contributed by atoms with Crippen LogP contribution in [-0.4, -0.2) is 9.13 Å². The van der Waals surface area contributed by atoms with E-state index in [-0.39, 0.29) is 11.8 Å². The second-order valence-corrected chi connectivity index (χ2v) is 26.7. The van der Waals surface area contributed by atoms with E-state index in [0.717, 1.165) is 25.7 Å². The molecule has 2 aliphatic carbocycles. The minimum absolute atomic E-state index is 0.236. The van der Waals surface area contributed by atoms with Gasteiger partial charge < -0.3 is 18.9 Å². The molecule has 2 heterocycles. The number of fused-ring (bicyclic) bond motifs is 8. The average Bonchev–Trinajstić information content (AvgIpc) is 0.907. The van der Waals surface area contributed by atoms with Gasteiger partial charge in [-0.05, 0) is 202 Å². The molecule has 14 aromatic rings. The van der Waals surface area contributed by atoms with Gasteiger partial charge in [-0.15, -0.1) is 0 Å². The highest BCUT2D eigenvalue weighted by Gasteiger charge is 2.32. The third-order valence-electron chi connectivity index (χ3n) is 20.3. The van der Waals surface area contributed by atoms with Crippen molar-refractivity contribution in [2.75, 3.05) is 9.80 Å². The van der Waals surface area contributed by atoms with Crippen LogP contribution in [0.4, 0.5) is 34.1 Å². The summed E-state index contributed by atoms with van der Waals surface area (Å²) in [4.78, 5) is 5.47. The first-order valence-electron chi connectivity index (χ1n) is 32.9. The van der Waals surface area contributed by atoms with Gasteiger partial charge in [0.2, 0.25) is 0 Å². The molecule has 2 aliphatic rings. The zero-order chi connectivity index (χ0) is 59.6. The number of rotatable bonds is 12. The Hall–Kier alpha value is -9.12. The van der Waals surface area contributed by atoms with Crippen LogP contribution in [-0.2, 0) is 25.7 Å². The Kier molecular flexibility index (Phi) is 13.2. The normalized spacial score (nSPS) is 13.7. The maximum atomic E-state index is 2.74. The topological polar surface area (TPSA) is 16.3 Å². The Morgan fingerprint density at radius 2 is 0.636 bits per heavy atom. The Bertz CT molecular complexity index is 4760. The minimum Gasteiger partial charge on any atom is -0.307 e. The summed E-state index contributed by atoms with van der Waals surface area (Å²) in [5, 5.41) is 13.0. The van der Waals surface area contributed by atoms with E-state index in [9.17, 15) is 0 Å². The van der Waals surface area contributed by atoms with Crippen LogP contribution in [0.1, 0.15) is 149 Å². The molecule has 0 radical (unpaired) electrons. The summed E-state index contributed by atoms with van der Waals surface area (Å²) in [6.45, 7) is 19.0. The SMILES string of the molecule is CC(C)c1ccccc1-n1c2ccccc2c2cccc(N(c3cccc4c3CCCC4)c3cc(C(C)C)c4ccc5c(N(c6cccc7c6CCCC7)c6cccc7c8ccccc8n(-c8ccccc8C(C)C)c67)cc(C(C)C)c6ccc3c4c65)c21. The van der Waals surface area contributed by atoms with Gasteiger partial charge >= 0.3 is 0 Å². The van der Waals surface area contributed by atoms with Crippen molar-refractivity contribution in [2.24, 2.45) is 0 Å². The van der Waals surface area contributed by atoms with Crippen molar-refractivity contribution in [1.29, 1.82) is 0 Å². The summed E-state index contributed by atoms with van der Waals surface area (Å²) in [7, 11) is 0. The van der Waals surface area contributed by atoms with Crippen molar-refractivity contribution in [3.05, 3.63) is 251 Å². The van der Waals surface area contributed by atoms with Gasteiger partial charge in [-0.3, -0.25) is 0 Å². The Balaban J connectivity index is 1.05. The van der Waals surface area contributed by atoms with E-state index < -0.39 is 0 Å². The summed E-state index contributed by atoms with van der Waals surface area (Å²) < 4.78 is 5.22. The average molecular weight is 1140 g/mol. The molecule has 16 rings (SSSR count). The molecule has 0 unspecified atom stereocenters. The Morgan fingerprint density at radius 1 is 0.284 bits per heavy atom. The first-order chi connectivity index (χ1) is 43.0. The zero-order valence-corrected chi connectivity index (χ0v) is 52.4. The van der Waals surface area contributed by atoms with Crippen molar-refractivity contribution in [3.8, 4) is 11.4 Å². The molecule has 0 bridgehead atoms. The molecule has 12 aromatic carbocycles. The molecule has 0 spiro atoms. The maximum Gasteiger partial charge on any atom is 0.0782 e. The Morgan fingerprint density at radius 3 is 1.07 bits per heavy atom. The number of hydrogen-bond acceptors (Lipinski definition) is 2. The highest BCUT2D eigenvalue weighted by molar-refractivity contribution is 6.30. The fourth-order valence-electron chi connectivity index (χ4n) is 16.3. The van der Waals surface area contributed by atoms with Gasteiger partial charge in [0.1, 0.15) is 0 Å². The van der Waals surface area contributed by atoms with Gasteiger partial charge in [0.05, 0.1) is 44.8 Å². The number of aromatic nitrogens is 2. The molecule has 0 N–H and O–H groups in total. The molecule has 0 saturated carbocycles. The van der Waals surface area contributed by atoms with E-state index in [1.54, 1.807) is 0 Å². The first-order valence-corrected chi connectivity index (χ1v) is 32.9. The third-order valence-corrected chi connectivity index (χ3v) is 20.3. The van der Waals surface area contributed by atoms with Gasteiger partial charge in [-0.25, -0.2) is 0 Å². The summed E-state index contributed by atoms with van der Waals surface area (Å²) in [5.74, 6) is 1.12. The molecule has 0 aliphatic heterocycles. The minimum atomic E-state index is 0.236. The molecule has 2 aromatic heterocycles. The molecule has 0 fully saturated rings. The van der Waals surface area contributed by atoms with Crippen LogP contribution in [0.25, 0.3) is 87.3 Å². The van der Waals surface area contributed by atoms with Crippen LogP contribution in [0.15, 0.2) is 206 Å². The van der Waals surface area contributed by atoms with Gasteiger partial charge in [0, 0.05) is 55.1 Å². The molecule has 4 nitrogen and oxygen atoms in total. The van der Waals surface area contributed by atoms with Gasteiger partial charge in [-0.1, -0.05) is 201 Å². The Labute approximate surface area is 518 Å². The van der Waals surface area contributed by atoms with Crippen LogP contribution in [0.2, 0.25) is 0 Å². The summed E-state index contributed by atoms with van der Waals surface area (Å²) >= 11 is 0. The standard InChI is InChI=1S/C84H78N4/c1-51(2)57-29-13-17-37-71(57)87-75-39-19-15-33-61(75)65-35-23-43-77(83(65)87)85(73-41-21-27-55-25-9-11-31-59(55)73)79-49-69(53(5)6)63-46-48-68-80(50-70(54(7)8)64-45-47-67(79)81(63)82(64)68)86(74-42-22-28-56-26-10-12-32-60(56)74)78-44-24-36-66-62-34-16-20-40-76(62)88(84(66)78)72-38-18-14-30-58(72)52(3)4/h13-24,27-30,33-54H,9-12,25-26,31-32H2,1-8H3. The lowest BCUT2D eigenvalue weighted by Crippen LogP contribution is -2.18. The van der Waals surface area contributed by atoms with Crippen LogP contribution >= 0.6 is 0 Å². The lowest BCUT2D eigenvalue weighted by atomic mass is 9.83. The van der Waals surface area contributed by atoms with Crippen LogP contribution in [0.3, 0.4) is 0 Å². The second-order valence-electron chi connectivity index (χ2n) is 26.7. The first kappa shape index (κ1) is 54.3. The van der Waals surface area contributed by atoms with Gasteiger partial charge in [0.15, 0.2) is 0 Å². The van der Waals surface area contributed by atoms with Crippen LogP contribution in [0, 0.1) is 0 Å². The smallest absolute Gasteiger partial charge is 0.0782 e. The van der Waals surface area contributed by atoms with Crippen molar-refractivity contribution in [3.63, 3.8) is 0 Å². The lowest BCUT2D eigenvalue weighted by molar-refractivity contribution is 0.686. The monoisotopic (exact) mass is 1140 g/mol. The molecular weight excluding hydrogens is 1060 g/mol. The summed E-state index contributed by atoms with van der Waals surface area (Å²) in [6, 6.07) is 80.3. The lowest BCUT2D eigenvalue weighted by Gasteiger charge is -2.34. The molecule has 4 heteroatoms. The summed E-state index contributed by atoms with van der Waals surface area (Å²) in [5.41, 5.74) is 26.1. The van der Waals surface area contributed by atoms with Crippen molar-refractivity contribution in [1.82, 2.24) is 9.13 Å². The molecule has 0 atom stereocenters. The molecule has 88 heavy (non-hydrogen) atoms. The predicted molar refractivity (Wildman–Crippen MR) is 378 cm³/mol. The van der Waals surface area contributed by atoms with E-state index in [2.05, 4.69) is 281 Å².